The molecule has 0 nitrogen and oxygen atoms in total. The van der Waals surface area contributed by atoms with Crippen LogP contribution in [-0.4, -0.2) is 7.47 Å². The van der Waals surface area contributed by atoms with E-state index in [0.717, 1.165) is 5.33 Å². The first-order valence-corrected chi connectivity index (χ1v) is 10.1. The van der Waals surface area contributed by atoms with E-state index >= 15 is 0 Å². The highest BCUT2D eigenvalue weighted by Gasteiger charge is 2.29. The summed E-state index contributed by atoms with van der Waals surface area (Å²) in [6.07, 6.45) is 12.1. The third-order valence-corrected chi connectivity index (χ3v) is 5.56. The SMILES string of the molecule is CCCCCCCCC(CCCBr)C(Br)(Br)Br. The molecule has 0 radical (unpaired) electrons. The van der Waals surface area contributed by atoms with Crippen LogP contribution in [0.25, 0.3) is 0 Å². The van der Waals surface area contributed by atoms with Crippen LogP contribution in [0, 0.1) is 5.92 Å². The van der Waals surface area contributed by atoms with Crippen molar-refractivity contribution >= 4 is 63.7 Å². The van der Waals surface area contributed by atoms with Crippen molar-refractivity contribution in [3.05, 3.63) is 0 Å². The Labute approximate surface area is 141 Å². The first-order valence-electron chi connectivity index (χ1n) is 6.65. The molecule has 1 atom stereocenters. The van der Waals surface area contributed by atoms with Crippen LogP contribution in [0.15, 0.2) is 0 Å². The molecule has 0 aromatic heterocycles. The number of hydrogen-bond acceptors (Lipinski definition) is 0. The van der Waals surface area contributed by atoms with Crippen molar-refractivity contribution in [3.8, 4) is 0 Å². The van der Waals surface area contributed by atoms with Crippen molar-refractivity contribution in [1.29, 1.82) is 0 Å². The second-order valence-corrected chi connectivity index (χ2v) is 12.4. The van der Waals surface area contributed by atoms with Crippen molar-refractivity contribution < 1.29 is 0 Å². The lowest BCUT2D eigenvalue weighted by molar-refractivity contribution is 0.444. The third-order valence-electron chi connectivity index (χ3n) is 3.06. The predicted octanol–water partition coefficient (Wildman–Crippen LogP) is 7.37. The zero-order valence-corrected chi connectivity index (χ0v) is 17.0. The highest BCUT2D eigenvalue weighted by Crippen LogP contribution is 2.45. The summed E-state index contributed by atoms with van der Waals surface area (Å²) in [5.41, 5.74) is 0. The molecule has 0 aliphatic heterocycles. The van der Waals surface area contributed by atoms with Gasteiger partial charge >= 0.3 is 0 Å². The van der Waals surface area contributed by atoms with Gasteiger partial charge in [-0.3, -0.25) is 0 Å². The topological polar surface area (TPSA) is 0 Å². The summed E-state index contributed by atoms with van der Waals surface area (Å²) in [6.45, 7) is 2.27. The molecule has 4 heteroatoms. The molecule has 0 bridgehead atoms. The zero-order valence-electron chi connectivity index (χ0n) is 10.7. The van der Waals surface area contributed by atoms with Crippen LogP contribution in [0.5, 0.6) is 0 Å². The Hall–Kier alpha value is 1.92. The van der Waals surface area contributed by atoms with Crippen LogP contribution in [0.4, 0.5) is 0 Å². The molecular formula is C13H24Br4. The standard InChI is InChI=1S/C13H24Br4/c1-2-3-4-5-6-7-9-12(10-8-11-14)13(15,16)17/h12H,2-11H2,1H3. The minimum absolute atomic E-state index is 0.0708. The number of alkyl halides is 4. The van der Waals surface area contributed by atoms with Gasteiger partial charge in [-0.15, -0.1) is 0 Å². The van der Waals surface area contributed by atoms with Crippen LogP contribution < -0.4 is 0 Å². The Balaban J connectivity index is 3.69. The Morgan fingerprint density at radius 2 is 1.35 bits per heavy atom. The van der Waals surface area contributed by atoms with Gasteiger partial charge in [-0.1, -0.05) is 109 Å². The largest absolute Gasteiger partial charge is 0.137 e. The first-order chi connectivity index (χ1) is 8.02. The highest BCUT2D eigenvalue weighted by molar-refractivity contribution is 9.39. The first kappa shape index (κ1) is 18.9. The van der Waals surface area contributed by atoms with Crippen molar-refractivity contribution in [3.63, 3.8) is 0 Å². The summed E-state index contributed by atoms with van der Waals surface area (Å²) in [7, 11) is 0. The van der Waals surface area contributed by atoms with Gasteiger partial charge in [0.05, 0.1) is 0 Å². The van der Waals surface area contributed by atoms with Gasteiger partial charge in [0.2, 0.25) is 0 Å². The summed E-state index contributed by atoms with van der Waals surface area (Å²) in [4.78, 5) is 0. The second-order valence-electron chi connectivity index (χ2n) is 4.63. The Morgan fingerprint density at radius 3 is 1.88 bits per heavy atom. The molecule has 0 saturated carbocycles. The van der Waals surface area contributed by atoms with E-state index in [-0.39, 0.29) is 2.14 Å². The zero-order chi connectivity index (χ0) is 13.1. The van der Waals surface area contributed by atoms with E-state index in [1.165, 1.54) is 57.8 Å². The lowest BCUT2D eigenvalue weighted by Gasteiger charge is -2.25. The minimum atomic E-state index is -0.0708. The normalized spacial score (nSPS) is 13.9. The molecule has 1 unspecified atom stereocenters. The molecule has 0 amide bonds. The summed E-state index contributed by atoms with van der Waals surface area (Å²) in [6, 6.07) is 0. The Bertz CT molecular complexity index is 165. The number of hydrogen-bond donors (Lipinski definition) is 0. The smallest absolute Gasteiger partial charge is 0.0928 e. The van der Waals surface area contributed by atoms with Gasteiger partial charge in [-0.25, -0.2) is 0 Å². The maximum absolute atomic E-state index is 3.69. The minimum Gasteiger partial charge on any atom is -0.0928 e. The maximum Gasteiger partial charge on any atom is 0.137 e. The second kappa shape index (κ2) is 11.7. The van der Waals surface area contributed by atoms with E-state index in [2.05, 4.69) is 70.6 Å². The summed E-state index contributed by atoms with van der Waals surface area (Å²) >= 11 is 14.6. The third kappa shape index (κ3) is 11.4. The maximum atomic E-state index is 3.69. The summed E-state index contributed by atoms with van der Waals surface area (Å²) < 4.78 is -0.0708. The van der Waals surface area contributed by atoms with Crippen molar-refractivity contribution in [2.75, 3.05) is 5.33 Å². The molecule has 0 saturated heterocycles. The van der Waals surface area contributed by atoms with Gasteiger partial charge in [0.1, 0.15) is 2.14 Å². The van der Waals surface area contributed by atoms with Crippen molar-refractivity contribution in [1.82, 2.24) is 0 Å². The molecule has 0 spiro atoms. The number of halogens is 4. The molecule has 17 heavy (non-hydrogen) atoms. The van der Waals surface area contributed by atoms with Gasteiger partial charge in [0, 0.05) is 5.33 Å². The van der Waals surface area contributed by atoms with E-state index in [1.54, 1.807) is 0 Å². The lowest BCUT2D eigenvalue weighted by Crippen LogP contribution is -2.17. The fraction of sp³-hybridized carbons (Fsp3) is 1.00. The van der Waals surface area contributed by atoms with Gasteiger partial charge in [-0.2, -0.15) is 0 Å². The van der Waals surface area contributed by atoms with E-state index < -0.39 is 0 Å². The lowest BCUT2D eigenvalue weighted by atomic mass is 9.98. The summed E-state index contributed by atoms with van der Waals surface area (Å²) in [5, 5.41) is 1.10. The fourth-order valence-corrected chi connectivity index (χ4v) is 3.66. The number of unbranched alkanes of at least 4 members (excludes halogenated alkanes) is 5. The van der Waals surface area contributed by atoms with Crippen molar-refractivity contribution in [2.45, 2.75) is 66.9 Å². The van der Waals surface area contributed by atoms with Crippen LogP contribution in [0.1, 0.15) is 64.7 Å². The van der Waals surface area contributed by atoms with Crippen LogP contribution >= 0.6 is 63.7 Å². The average molecular weight is 500 g/mol. The molecule has 0 aromatic carbocycles. The molecule has 104 valence electrons. The molecular weight excluding hydrogens is 476 g/mol. The molecule has 0 aliphatic rings. The van der Waals surface area contributed by atoms with Gasteiger partial charge in [-0.05, 0) is 25.2 Å². The molecule has 0 rings (SSSR count). The number of rotatable bonds is 10. The van der Waals surface area contributed by atoms with Crippen LogP contribution in [0.3, 0.4) is 0 Å². The monoisotopic (exact) mass is 496 g/mol. The van der Waals surface area contributed by atoms with E-state index in [9.17, 15) is 0 Å². The molecule has 0 aliphatic carbocycles. The van der Waals surface area contributed by atoms with E-state index in [4.69, 9.17) is 0 Å². The van der Waals surface area contributed by atoms with Gasteiger partial charge < -0.3 is 0 Å². The Morgan fingerprint density at radius 1 is 0.824 bits per heavy atom. The quantitative estimate of drug-likeness (QED) is 0.217. The highest BCUT2D eigenvalue weighted by atomic mass is 80.0. The van der Waals surface area contributed by atoms with Gasteiger partial charge in [0.15, 0.2) is 0 Å². The molecule has 0 N–H and O–H groups in total. The fourth-order valence-electron chi connectivity index (χ4n) is 1.97. The average Bonchev–Trinajstić information content (AvgIpc) is 2.25. The van der Waals surface area contributed by atoms with E-state index in [1.807, 2.05) is 0 Å². The Kier molecular flexibility index (Phi) is 13.0. The van der Waals surface area contributed by atoms with Crippen molar-refractivity contribution in [2.24, 2.45) is 5.92 Å². The van der Waals surface area contributed by atoms with Crippen LogP contribution in [0.2, 0.25) is 0 Å². The van der Waals surface area contributed by atoms with E-state index in [0.29, 0.717) is 5.92 Å². The summed E-state index contributed by atoms with van der Waals surface area (Å²) in [5.74, 6) is 0.659. The van der Waals surface area contributed by atoms with Gasteiger partial charge in [0.25, 0.3) is 0 Å². The molecule has 0 aromatic rings. The molecule has 0 heterocycles. The van der Waals surface area contributed by atoms with Crippen LogP contribution in [-0.2, 0) is 0 Å². The predicted molar refractivity (Wildman–Crippen MR) is 94.0 cm³/mol. The molecule has 0 fully saturated rings.